The minimum Gasteiger partial charge on any atom is -0.397 e. The molecular weight excluding hydrogens is 295 g/mol. The molecule has 1 aliphatic rings. The monoisotopic (exact) mass is 314 g/mol. The number of benzene rings is 1. The third kappa shape index (κ3) is 2.89. The van der Waals surface area contributed by atoms with Crippen LogP contribution in [0.5, 0.6) is 0 Å². The summed E-state index contributed by atoms with van der Waals surface area (Å²) in [5.74, 6) is 0.967. The Hall–Kier alpha value is -0.930. The molecule has 0 aromatic heterocycles. The van der Waals surface area contributed by atoms with Crippen molar-refractivity contribution in [3.63, 3.8) is 0 Å². The summed E-state index contributed by atoms with van der Waals surface area (Å²) in [6, 6.07) is 3.42. The van der Waals surface area contributed by atoms with E-state index in [0.29, 0.717) is 33.1 Å². The van der Waals surface area contributed by atoms with Gasteiger partial charge in [0.25, 0.3) is 5.91 Å². The molecule has 5 heteroatoms. The molecule has 1 aromatic rings. The minimum absolute atomic E-state index is 0.0267. The van der Waals surface area contributed by atoms with Gasteiger partial charge in [-0.2, -0.15) is 0 Å². The lowest BCUT2D eigenvalue weighted by molar-refractivity contribution is 0.0456. The molecule has 2 rings (SSSR count). The summed E-state index contributed by atoms with van der Waals surface area (Å²) in [4.78, 5) is 14.6. The van der Waals surface area contributed by atoms with E-state index in [2.05, 4.69) is 20.8 Å². The zero-order valence-corrected chi connectivity index (χ0v) is 13.5. The van der Waals surface area contributed by atoms with Gasteiger partial charge in [-0.3, -0.25) is 4.79 Å². The molecule has 110 valence electrons. The van der Waals surface area contributed by atoms with Gasteiger partial charge in [0, 0.05) is 18.2 Å². The zero-order valence-electron chi connectivity index (χ0n) is 12.0. The molecular formula is C15H20Cl2N2O. The first-order valence-corrected chi connectivity index (χ1v) is 7.62. The second-order valence-electron chi connectivity index (χ2n) is 5.88. The van der Waals surface area contributed by atoms with Crippen molar-refractivity contribution in [3.8, 4) is 0 Å². The first kappa shape index (κ1) is 15.5. The Kier molecular flexibility index (Phi) is 4.50. The van der Waals surface area contributed by atoms with Gasteiger partial charge < -0.3 is 10.6 Å². The Morgan fingerprint density at radius 1 is 1.30 bits per heavy atom. The first-order chi connectivity index (χ1) is 9.31. The molecule has 1 fully saturated rings. The molecule has 1 amide bonds. The fourth-order valence-corrected chi connectivity index (χ4v) is 3.22. The van der Waals surface area contributed by atoms with Gasteiger partial charge in [0.2, 0.25) is 0 Å². The fraction of sp³-hybridized carbons (Fsp3) is 0.533. The Morgan fingerprint density at radius 3 is 2.55 bits per heavy atom. The molecule has 0 bridgehead atoms. The Labute approximate surface area is 130 Å². The predicted octanol–water partition coefficient (Wildman–Crippen LogP) is 4.08. The number of hydrogen-bond donors (Lipinski definition) is 1. The number of anilines is 1. The summed E-state index contributed by atoms with van der Waals surface area (Å²) in [5.41, 5.74) is 6.64. The molecule has 0 saturated carbocycles. The van der Waals surface area contributed by atoms with E-state index in [1.54, 1.807) is 12.1 Å². The number of nitrogens with two attached hydrogens (primary N) is 1. The van der Waals surface area contributed by atoms with Crippen molar-refractivity contribution in [2.24, 2.45) is 11.8 Å². The maximum atomic E-state index is 12.7. The van der Waals surface area contributed by atoms with E-state index in [9.17, 15) is 4.79 Å². The third-order valence-corrected chi connectivity index (χ3v) is 4.98. The van der Waals surface area contributed by atoms with Gasteiger partial charge in [-0.1, -0.05) is 37.0 Å². The number of nitrogens with zero attached hydrogens (tertiary/aromatic N) is 1. The average molecular weight is 315 g/mol. The van der Waals surface area contributed by atoms with Crippen LogP contribution in [0.2, 0.25) is 10.0 Å². The minimum atomic E-state index is -0.0267. The van der Waals surface area contributed by atoms with Gasteiger partial charge in [0.05, 0.1) is 15.7 Å². The summed E-state index contributed by atoms with van der Waals surface area (Å²) >= 11 is 11.9. The number of hydrogen-bond acceptors (Lipinski definition) is 2. The Balaban J connectivity index is 2.31. The average Bonchev–Trinajstić information content (AvgIpc) is 2.38. The van der Waals surface area contributed by atoms with Crippen LogP contribution in [0.15, 0.2) is 12.1 Å². The van der Waals surface area contributed by atoms with Crippen LogP contribution in [0.4, 0.5) is 5.69 Å². The predicted molar refractivity (Wildman–Crippen MR) is 84.3 cm³/mol. The normalized spacial score (nSPS) is 26.6. The molecule has 1 aromatic carbocycles. The highest BCUT2D eigenvalue weighted by Gasteiger charge is 2.32. The molecule has 0 spiro atoms. The van der Waals surface area contributed by atoms with Crippen LogP contribution in [0.25, 0.3) is 0 Å². The summed E-state index contributed by atoms with van der Waals surface area (Å²) < 4.78 is 0. The maximum Gasteiger partial charge on any atom is 0.254 e. The smallest absolute Gasteiger partial charge is 0.254 e. The van der Waals surface area contributed by atoms with E-state index in [0.717, 1.165) is 13.0 Å². The molecule has 3 atom stereocenters. The largest absolute Gasteiger partial charge is 0.397 e. The highest BCUT2D eigenvalue weighted by molar-refractivity contribution is 6.43. The highest BCUT2D eigenvalue weighted by Crippen LogP contribution is 2.32. The van der Waals surface area contributed by atoms with Crippen molar-refractivity contribution in [1.29, 1.82) is 0 Å². The number of carbonyl (C=O) groups is 1. The SMILES string of the molecule is CC1CC(C)C(C)N(C(=O)c2cc(N)c(Cl)c(Cl)c2)C1. The molecule has 3 nitrogen and oxygen atoms in total. The number of nitrogen functional groups attached to an aromatic ring is 1. The van der Waals surface area contributed by atoms with Gasteiger partial charge in [-0.15, -0.1) is 0 Å². The van der Waals surface area contributed by atoms with Crippen LogP contribution in [-0.4, -0.2) is 23.4 Å². The number of piperidine rings is 1. The lowest BCUT2D eigenvalue weighted by atomic mass is 9.85. The summed E-state index contributed by atoms with van der Waals surface area (Å²) in [7, 11) is 0. The quantitative estimate of drug-likeness (QED) is 0.794. The van der Waals surface area contributed by atoms with Crippen LogP contribution < -0.4 is 5.73 Å². The summed E-state index contributed by atoms with van der Waals surface area (Å²) in [6.45, 7) is 7.22. The number of likely N-dealkylation sites (tertiary alicyclic amines) is 1. The van der Waals surface area contributed by atoms with Crippen molar-refractivity contribution < 1.29 is 4.79 Å². The Bertz CT molecular complexity index is 510. The number of amides is 1. The van der Waals surface area contributed by atoms with Crippen LogP contribution in [-0.2, 0) is 0 Å². The van der Waals surface area contributed by atoms with Gasteiger partial charge in [-0.05, 0) is 37.3 Å². The maximum absolute atomic E-state index is 12.7. The van der Waals surface area contributed by atoms with E-state index in [-0.39, 0.29) is 11.9 Å². The zero-order chi connectivity index (χ0) is 15.0. The third-order valence-electron chi connectivity index (χ3n) is 4.16. The molecule has 0 radical (unpaired) electrons. The standard InChI is InChI=1S/C15H20Cl2N2O/c1-8-4-9(2)10(3)19(7-8)15(20)11-5-12(16)14(17)13(18)6-11/h5-6,8-10H,4,7,18H2,1-3H3. The van der Waals surface area contributed by atoms with Crippen molar-refractivity contribution in [2.75, 3.05) is 12.3 Å². The van der Waals surface area contributed by atoms with E-state index in [1.807, 2.05) is 4.90 Å². The van der Waals surface area contributed by atoms with Crippen LogP contribution >= 0.6 is 23.2 Å². The number of halogens is 2. The molecule has 3 unspecified atom stereocenters. The summed E-state index contributed by atoms with van der Waals surface area (Å²) in [6.07, 6.45) is 1.15. The van der Waals surface area contributed by atoms with E-state index in [1.165, 1.54) is 0 Å². The second kappa shape index (κ2) is 5.82. The molecule has 1 saturated heterocycles. The van der Waals surface area contributed by atoms with Crippen LogP contribution in [0.3, 0.4) is 0 Å². The summed E-state index contributed by atoms with van der Waals surface area (Å²) in [5, 5.41) is 0.623. The first-order valence-electron chi connectivity index (χ1n) is 6.86. The van der Waals surface area contributed by atoms with Gasteiger partial charge >= 0.3 is 0 Å². The van der Waals surface area contributed by atoms with Crippen molar-refractivity contribution >= 4 is 34.8 Å². The lowest BCUT2D eigenvalue weighted by Gasteiger charge is -2.41. The van der Waals surface area contributed by atoms with Gasteiger partial charge in [0.1, 0.15) is 0 Å². The molecule has 1 aliphatic heterocycles. The number of carbonyl (C=O) groups excluding carboxylic acids is 1. The van der Waals surface area contributed by atoms with E-state index in [4.69, 9.17) is 28.9 Å². The van der Waals surface area contributed by atoms with Crippen molar-refractivity contribution in [2.45, 2.75) is 33.2 Å². The van der Waals surface area contributed by atoms with E-state index >= 15 is 0 Å². The topological polar surface area (TPSA) is 46.3 Å². The van der Waals surface area contributed by atoms with Crippen molar-refractivity contribution in [1.82, 2.24) is 4.90 Å². The van der Waals surface area contributed by atoms with E-state index < -0.39 is 0 Å². The fourth-order valence-electron chi connectivity index (χ4n) is 2.88. The lowest BCUT2D eigenvalue weighted by Crippen LogP contribution is -2.48. The van der Waals surface area contributed by atoms with Crippen LogP contribution in [0.1, 0.15) is 37.6 Å². The van der Waals surface area contributed by atoms with Crippen molar-refractivity contribution in [3.05, 3.63) is 27.7 Å². The Morgan fingerprint density at radius 2 is 1.95 bits per heavy atom. The van der Waals surface area contributed by atoms with Crippen LogP contribution in [0, 0.1) is 11.8 Å². The molecule has 20 heavy (non-hydrogen) atoms. The van der Waals surface area contributed by atoms with Gasteiger partial charge in [-0.25, -0.2) is 0 Å². The highest BCUT2D eigenvalue weighted by atomic mass is 35.5. The van der Waals surface area contributed by atoms with Gasteiger partial charge in [0.15, 0.2) is 0 Å². The molecule has 1 heterocycles. The second-order valence-corrected chi connectivity index (χ2v) is 6.66. The molecule has 0 aliphatic carbocycles. The molecule has 2 N–H and O–H groups in total. The number of rotatable bonds is 1.